The molecule has 2 N–H and O–H groups in total. The van der Waals surface area contributed by atoms with Gasteiger partial charge < -0.3 is 20.1 Å². The lowest BCUT2D eigenvalue weighted by molar-refractivity contribution is 0.102. The summed E-state index contributed by atoms with van der Waals surface area (Å²) in [7, 11) is 1.55. The van der Waals surface area contributed by atoms with Crippen LogP contribution in [0.5, 0.6) is 11.5 Å². The van der Waals surface area contributed by atoms with E-state index in [9.17, 15) is 4.79 Å². The average Bonchev–Trinajstić information content (AvgIpc) is 2.71. The van der Waals surface area contributed by atoms with Crippen molar-refractivity contribution in [3.05, 3.63) is 66.2 Å². The molecule has 138 valence electrons. The zero-order valence-electron chi connectivity index (χ0n) is 15.1. The van der Waals surface area contributed by atoms with Gasteiger partial charge in [-0.2, -0.15) is 0 Å². The van der Waals surface area contributed by atoms with Crippen LogP contribution in [-0.4, -0.2) is 29.8 Å². The molecule has 0 radical (unpaired) electrons. The number of para-hydroxylation sites is 2. The largest absolute Gasteiger partial charge is 0.497 e. The van der Waals surface area contributed by atoms with Gasteiger partial charge in [0.15, 0.2) is 11.6 Å². The van der Waals surface area contributed by atoms with Crippen molar-refractivity contribution in [1.82, 2.24) is 10.2 Å². The first-order chi connectivity index (χ1) is 13.2. The summed E-state index contributed by atoms with van der Waals surface area (Å²) in [6.07, 6.45) is 0. The predicted molar refractivity (Wildman–Crippen MR) is 104 cm³/mol. The second-order valence-electron chi connectivity index (χ2n) is 5.54. The van der Waals surface area contributed by atoms with E-state index >= 15 is 0 Å². The van der Waals surface area contributed by atoms with Gasteiger partial charge in [-0.15, -0.1) is 10.2 Å². The smallest absolute Gasteiger partial charge is 0.256 e. The van der Waals surface area contributed by atoms with E-state index in [4.69, 9.17) is 9.47 Å². The van der Waals surface area contributed by atoms with Crippen LogP contribution in [0, 0.1) is 0 Å². The molecule has 7 heteroatoms. The van der Waals surface area contributed by atoms with Crippen molar-refractivity contribution in [2.75, 3.05) is 24.4 Å². The summed E-state index contributed by atoms with van der Waals surface area (Å²) in [5, 5.41) is 14.0. The van der Waals surface area contributed by atoms with Crippen LogP contribution >= 0.6 is 0 Å². The molecule has 2 aromatic carbocycles. The maximum atomic E-state index is 12.3. The zero-order chi connectivity index (χ0) is 19.1. The van der Waals surface area contributed by atoms with Crippen molar-refractivity contribution in [3.63, 3.8) is 0 Å². The summed E-state index contributed by atoms with van der Waals surface area (Å²) in [6, 6.07) is 17.9. The van der Waals surface area contributed by atoms with Crippen LogP contribution in [-0.2, 0) is 0 Å². The van der Waals surface area contributed by atoms with Gasteiger partial charge in [0.05, 0.1) is 19.4 Å². The summed E-state index contributed by atoms with van der Waals surface area (Å²) in [6.45, 7) is 2.50. The number of amides is 1. The molecule has 0 saturated carbocycles. The maximum absolute atomic E-state index is 12.3. The first-order valence-corrected chi connectivity index (χ1v) is 8.47. The molecule has 0 unspecified atom stereocenters. The Bertz CT molecular complexity index is 913. The lowest BCUT2D eigenvalue weighted by Gasteiger charge is -2.11. The lowest BCUT2D eigenvalue weighted by atomic mass is 10.2. The molecule has 1 amide bonds. The summed E-state index contributed by atoms with van der Waals surface area (Å²) in [5.41, 5.74) is 1.27. The Hall–Kier alpha value is -3.61. The second-order valence-corrected chi connectivity index (χ2v) is 5.54. The van der Waals surface area contributed by atoms with Crippen LogP contribution in [0.2, 0.25) is 0 Å². The number of aromatic nitrogens is 2. The Morgan fingerprint density at radius 1 is 1.00 bits per heavy atom. The van der Waals surface area contributed by atoms with Crippen molar-refractivity contribution in [3.8, 4) is 11.5 Å². The molecular weight excluding hydrogens is 344 g/mol. The topological polar surface area (TPSA) is 85.4 Å². The quantitative estimate of drug-likeness (QED) is 0.662. The van der Waals surface area contributed by atoms with Gasteiger partial charge in [-0.25, -0.2) is 0 Å². The standard InChI is InChI=1S/C20H20N4O3/c1-3-27-17-10-5-4-9-16(17)21-18-11-12-19(24-23-18)22-20(25)14-7-6-8-15(13-14)26-2/h4-13H,3H2,1-2H3,(H,21,23)(H,22,24,25). The molecule has 0 atom stereocenters. The summed E-state index contributed by atoms with van der Waals surface area (Å²) >= 11 is 0. The van der Waals surface area contributed by atoms with Gasteiger partial charge in [-0.05, 0) is 49.4 Å². The van der Waals surface area contributed by atoms with E-state index in [1.165, 1.54) is 0 Å². The SMILES string of the molecule is CCOc1ccccc1Nc1ccc(NC(=O)c2cccc(OC)c2)nn1. The third kappa shape index (κ3) is 4.72. The minimum Gasteiger partial charge on any atom is -0.497 e. The van der Waals surface area contributed by atoms with Crippen LogP contribution in [0.1, 0.15) is 17.3 Å². The molecule has 1 aromatic heterocycles. The van der Waals surface area contributed by atoms with Crippen molar-refractivity contribution in [1.29, 1.82) is 0 Å². The molecule has 0 saturated heterocycles. The fraction of sp³-hybridized carbons (Fsp3) is 0.150. The van der Waals surface area contributed by atoms with Crippen LogP contribution in [0.3, 0.4) is 0 Å². The van der Waals surface area contributed by atoms with Crippen molar-refractivity contribution in [2.24, 2.45) is 0 Å². The number of rotatable bonds is 7. The van der Waals surface area contributed by atoms with Gasteiger partial charge >= 0.3 is 0 Å². The predicted octanol–water partition coefficient (Wildman–Crippen LogP) is 3.88. The van der Waals surface area contributed by atoms with Gasteiger partial charge in [0.25, 0.3) is 5.91 Å². The Balaban J connectivity index is 1.67. The monoisotopic (exact) mass is 364 g/mol. The Kier molecular flexibility index (Phi) is 5.84. The third-order valence-corrected chi connectivity index (χ3v) is 3.69. The maximum Gasteiger partial charge on any atom is 0.256 e. The number of carbonyl (C=O) groups excluding carboxylic acids is 1. The number of hydrogen-bond donors (Lipinski definition) is 2. The minimum atomic E-state index is -0.286. The van der Waals surface area contributed by atoms with E-state index in [1.54, 1.807) is 43.5 Å². The van der Waals surface area contributed by atoms with Gasteiger partial charge in [-0.1, -0.05) is 18.2 Å². The third-order valence-electron chi connectivity index (χ3n) is 3.69. The summed E-state index contributed by atoms with van der Waals surface area (Å²) in [4.78, 5) is 12.3. The van der Waals surface area contributed by atoms with E-state index < -0.39 is 0 Å². The van der Waals surface area contributed by atoms with Gasteiger partial charge in [0.2, 0.25) is 0 Å². The average molecular weight is 364 g/mol. The van der Waals surface area contributed by atoms with E-state index in [0.717, 1.165) is 11.4 Å². The van der Waals surface area contributed by atoms with Gasteiger partial charge in [0.1, 0.15) is 11.5 Å². The van der Waals surface area contributed by atoms with Crippen molar-refractivity contribution < 1.29 is 14.3 Å². The fourth-order valence-corrected chi connectivity index (χ4v) is 2.41. The molecular formula is C20H20N4O3. The van der Waals surface area contributed by atoms with Crippen LogP contribution in [0.25, 0.3) is 0 Å². The Labute approximate surface area is 157 Å². The Morgan fingerprint density at radius 2 is 1.78 bits per heavy atom. The number of nitrogens with one attached hydrogen (secondary N) is 2. The number of hydrogen-bond acceptors (Lipinski definition) is 6. The molecule has 27 heavy (non-hydrogen) atoms. The molecule has 7 nitrogen and oxygen atoms in total. The molecule has 0 aliphatic carbocycles. The highest BCUT2D eigenvalue weighted by Crippen LogP contribution is 2.26. The van der Waals surface area contributed by atoms with Crippen molar-refractivity contribution >= 4 is 23.2 Å². The number of nitrogens with zero attached hydrogens (tertiary/aromatic N) is 2. The highest BCUT2D eigenvalue weighted by molar-refractivity contribution is 6.04. The van der Waals surface area contributed by atoms with Gasteiger partial charge in [0, 0.05) is 5.56 Å². The highest BCUT2D eigenvalue weighted by atomic mass is 16.5. The zero-order valence-corrected chi connectivity index (χ0v) is 15.1. The first kappa shape index (κ1) is 18.2. The fourth-order valence-electron chi connectivity index (χ4n) is 2.41. The normalized spacial score (nSPS) is 10.1. The minimum absolute atomic E-state index is 0.286. The number of methoxy groups -OCH3 is 1. The van der Waals surface area contributed by atoms with E-state index in [0.29, 0.717) is 29.6 Å². The summed E-state index contributed by atoms with van der Waals surface area (Å²) in [5.74, 6) is 1.96. The molecule has 3 rings (SSSR count). The molecule has 3 aromatic rings. The lowest BCUT2D eigenvalue weighted by Crippen LogP contribution is -2.13. The number of benzene rings is 2. The Morgan fingerprint density at radius 3 is 2.52 bits per heavy atom. The van der Waals surface area contributed by atoms with E-state index in [-0.39, 0.29) is 5.91 Å². The number of carbonyl (C=O) groups is 1. The number of ether oxygens (including phenoxy) is 2. The van der Waals surface area contributed by atoms with Crippen LogP contribution in [0.15, 0.2) is 60.7 Å². The van der Waals surface area contributed by atoms with Crippen LogP contribution < -0.4 is 20.1 Å². The second kappa shape index (κ2) is 8.66. The molecule has 0 spiro atoms. The molecule has 0 bridgehead atoms. The van der Waals surface area contributed by atoms with Gasteiger partial charge in [-0.3, -0.25) is 4.79 Å². The van der Waals surface area contributed by atoms with E-state index in [2.05, 4.69) is 20.8 Å². The molecule has 1 heterocycles. The van der Waals surface area contributed by atoms with Crippen LogP contribution in [0.4, 0.5) is 17.3 Å². The molecule has 0 fully saturated rings. The summed E-state index contributed by atoms with van der Waals surface area (Å²) < 4.78 is 10.7. The van der Waals surface area contributed by atoms with Crippen molar-refractivity contribution in [2.45, 2.75) is 6.92 Å². The number of anilines is 3. The first-order valence-electron chi connectivity index (χ1n) is 8.47. The molecule has 0 aliphatic heterocycles. The van der Waals surface area contributed by atoms with E-state index in [1.807, 2.05) is 31.2 Å². The molecule has 0 aliphatic rings. The highest BCUT2D eigenvalue weighted by Gasteiger charge is 2.09.